The number of phenolic OH excluding ortho intramolecular Hbond substituents is 1. The van der Waals surface area contributed by atoms with Crippen molar-refractivity contribution in [3.8, 4) is 22.9 Å². The van der Waals surface area contributed by atoms with Gasteiger partial charge in [0.25, 0.3) is 0 Å². The number of aliphatic hydroxyl groups is 1. The maximum absolute atomic E-state index is 13.1. The van der Waals surface area contributed by atoms with Crippen molar-refractivity contribution < 1.29 is 28.1 Å². The van der Waals surface area contributed by atoms with Crippen LogP contribution in [0.4, 0.5) is 13.2 Å². The Bertz CT molecular complexity index is 1130. The van der Waals surface area contributed by atoms with Crippen LogP contribution in [0, 0.1) is 0 Å². The summed E-state index contributed by atoms with van der Waals surface area (Å²) in [6.45, 7) is 1.41. The zero-order chi connectivity index (χ0) is 23.6. The monoisotopic (exact) mass is 458 g/mol. The Hall–Kier alpha value is -3.10. The van der Waals surface area contributed by atoms with Gasteiger partial charge in [0.05, 0.1) is 24.0 Å². The molecule has 2 heterocycles. The highest BCUT2D eigenvalue weighted by Gasteiger charge is 2.37. The number of ether oxygens (including phenoxy) is 1. The molecule has 1 aromatic heterocycles. The highest BCUT2D eigenvalue weighted by Crippen LogP contribution is 2.37. The maximum atomic E-state index is 13.1. The number of methoxy groups -OCH3 is 1. The van der Waals surface area contributed by atoms with Gasteiger partial charge in [-0.25, -0.2) is 4.98 Å². The van der Waals surface area contributed by atoms with E-state index in [0.29, 0.717) is 49.6 Å². The number of hydrogen-bond acceptors (Lipinski definition) is 5. The van der Waals surface area contributed by atoms with Crippen molar-refractivity contribution in [2.24, 2.45) is 0 Å². The van der Waals surface area contributed by atoms with E-state index in [-0.39, 0.29) is 11.3 Å². The molecule has 2 aromatic carbocycles. The Kier molecular flexibility index (Phi) is 6.32. The Morgan fingerprint density at radius 2 is 1.76 bits per heavy atom. The summed E-state index contributed by atoms with van der Waals surface area (Å²) in [5.41, 5.74) is 0.468. The van der Waals surface area contributed by atoms with Crippen LogP contribution < -0.4 is 4.74 Å². The van der Waals surface area contributed by atoms with E-state index < -0.39 is 17.3 Å². The van der Waals surface area contributed by atoms with Crippen LogP contribution >= 0.6 is 0 Å². The number of piperidine rings is 1. The summed E-state index contributed by atoms with van der Waals surface area (Å²) in [4.78, 5) is 6.49. The van der Waals surface area contributed by atoms with Gasteiger partial charge < -0.3 is 14.9 Å². The normalized spacial score (nSPS) is 16.5. The summed E-state index contributed by atoms with van der Waals surface area (Å²) >= 11 is 0. The van der Waals surface area contributed by atoms with Crippen LogP contribution in [0.2, 0.25) is 0 Å². The van der Waals surface area contributed by atoms with Gasteiger partial charge in [0, 0.05) is 36.8 Å². The SMILES string of the molecule is COc1cccc(-c2ccc(O)c(CN3CCC(O)(c4cccc(C(F)(F)F)c4)CC3)c2)n1. The number of alkyl halides is 3. The molecule has 174 valence electrons. The van der Waals surface area contributed by atoms with Crippen LogP contribution in [0.25, 0.3) is 11.3 Å². The predicted octanol–water partition coefficient (Wildman–Crippen LogP) is 4.97. The first kappa shape index (κ1) is 23.1. The minimum atomic E-state index is -4.45. The fraction of sp³-hybridized carbons (Fsp3) is 0.320. The molecule has 3 aromatic rings. The molecular formula is C25H25F3N2O3. The molecular weight excluding hydrogens is 433 g/mol. The molecule has 0 unspecified atom stereocenters. The average Bonchev–Trinajstić information content (AvgIpc) is 2.81. The van der Waals surface area contributed by atoms with E-state index in [4.69, 9.17) is 4.74 Å². The molecule has 0 bridgehead atoms. The number of rotatable bonds is 5. The van der Waals surface area contributed by atoms with Gasteiger partial charge in [-0.2, -0.15) is 13.2 Å². The molecule has 0 spiro atoms. The highest BCUT2D eigenvalue weighted by atomic mass is 19.4. The minimum Gasteiger partial charge on any atom is -0.508 e. The smallest absolute Gasteiger partial charge is 0.416 e. The van der Waals surface area contributed by atoms with Crippen LogP contribution in [0.5, 0.6) is 11.6 Å². The highest BCUT2D eigenvalue weighted by molar-refractivity contribution is 5.62. The Morgan fingerprint density at radius 1 is 1.03 bits per heavy atom. The van der Waals surface area contributed by atoms with Crippen LogP contribution in [0.15, 0.2) is 60.7 Å². The molecule has 0 atom stereocenters. The molecule has 1 aliphatic heterocycles. The van der Waals surface area contributed by atoms with E-state index in [1.54, 1.807) is 31.4 Å². The number of aromatic hydroxyl groups is 1. The van der Waals surface area contributed by atoms with Gasteiger partial charge in [0.2, 0.25) is 5.88 Å². The average molecular weight is 458 g/mol. The fourth-order valence-electron chi connectivity index (χ4n) is 4.16. The first-order chi connectivity index (χ1) is 15.7. The topological polar surface area (TPSA) is 65.8 Å². The minimum absolute atomic E-state index is 0.153. The third-order valence-corrected chi connectivity index (χ3v) is 6.11. The third kappa shape index (κ3) is 5.12. The van der Waals surface area contributed by atoms with Crippen molar-refractivity contribution in [1.82, 2.24) is 9.88 Å². The van der Waals surface area contributed by atoms with E-state index >= 15 is 0 Å². The molecule has 0 radical (unpaired) electrons. The van der Waals surface area contributed by atoms with E-state index in [9.17, 15) is 23.4 Å². The lowest BCUT2D eigenvalue weighted by molar-refractivity contribution is -0.137. The van der Waals surface area contributed by atoms with Crippen molar-refractivity contribution in [3.63, 3.8) is 0 Å². The van der Waals surface area contributed by atoms with Crippen molar-refractivity contribution in [2.75, 3.05) is 20.2 Å². The van der Waals surface area contributed by atoms with Gasteiger partial charge in [-0.1, -0.05) is 18.2 Å². The lowest BCUT2D eigenvalue weighted by Crippen LogP contribution is -2.42. The number of halogens is 3. The van der Waals surface area contributed by atoms with Gasteiger partial charge in [-0.3, -0.25) is 4.90 Å². The van der Waals surface area contributed by atoms with Crippen molar-refractivity contribution in [3.05, 3.63) is 77.4 Å². The summed E-state index contributed by atoms with van der Waals surface area (Å²) in [5.74, 6) is 0.646. The van der Waals surface area contributed by atoms with Gasteiger partial charge in [0.1, 0.15) is 5.75 Å². The van der Waals surface area contributed by atoms with Crippen LogP contribution in [-0.2, 0) is 18.3 Å². The van der Waals surface area contributed by atoms with Gasteiger partial charge in [-0.05, 0) is 54.8 Å². The largest absolute Gasteiger partial charge is 0.508 e. The summed E-state index contributed by atoms with van der Waals surface area (Å²) < 4.78 is 44.4. The van der Waals surface area contributed by atoms with E-state index in [0.717, 1.165) is 17.7 Å². The molecule has 5 nitrogen and oxygen atoms in total. The van der Waals surface area contributed by atoms with Crippen LogP contribution in [0.3, 0.4) is 0 Å². The number of hydrogen-bond donors (Lipinski definition) is 2. The van der Waals surface area contributed by atoms with Crippen LogP contribution in [0.1, 0.15) is 29.5 Å². The number of phenols is 1. The molecule has 1 fully saturated rings. The molecule has 1 saturated heterocycles. The van der Waals surface area contributed by atoms with Crippen molar-refractivity contribution in [2.45, 2.75) is 31.2 Å². The second-order valence-corrected chi connectivity index (χ2v) is 8.29. The van der Waals surface area contributed by atoms with Gasteiger partial charge in [-0.15, -0.1) is 0 Å². The summed E-state index contributed by atoms with van der Waals surface area (Å²) in [6, 6.07) is 15.6. The van der Waals surface area contributed by atoms with Crippen molar-refractivity contribution >= 4 is 0 Å². The van der Waals surface area contributed by atoms with E-state index in [1.165, 1.54) is 6.07 Å². The Balaban J connectivity index is 1.47. The number of nitrogens with zero attached hydrogens (tertiary/aromatic N) is 2. The summed E-state index contributed by atoms with van der Waals surface area (Å²) in [5, 5.41) is 21.4. The first-order valence-electron chi connectivity index (χ1n) is 10.6. The van der Waals surface area contributed by atoms with Crippen molar-refractivity contribution in [1.29, 1.82) is 0 Å². The first-order valence-corrected chi connectivity index (χ1v) is 10.6. The molecule has 1 aliphatic rings. The van der Waals surface area contributed by atoms with E-state index in [2.05, 4.69) is 9.88 Å². The Labute approximate surface area is 190 Å². The number of benzene rings is 2. The number of aromatic nitrogens is 1. The summed E-state index contributed by atoms with van der Waals surface area (Å²) in [6.07, 6.45) is -3.86. The number of likely N-dealkylation sites (tertiary alicyclic amines) is 1. The second kappa shape index (κ2) is 9.03. The standard InChI is InChI=1S/C25H25F3N2O3/c1-33-23-7-3-6-21(29-23)17-8-9-22(31)18(14-17)16-30-12-10-24(32,11-13-30)19-4-2-5-20(15-19)25(26,27)28/h2-9,14-15,31-32H,10-13,16H2,1H3. The van der Waals surface area contributed by atoms with Gasteiger partial charge >= 0.3 is 6.18 Å². The quantitative estimate of drug-likeness (QED) is 0.566. The molecule has 4 rings (SSSR count). The molecule has 33 heavy (non-hydrogen) atoms. The third-order valence-electron chi connectivity index (χ3n) is 6.11. The zero-order valence-corrected chi connectivity index (χ0v) is 18.1. The molecule has 2 N–H and O–H groups in total. The summed E-state index contributed by atoms with van der Waals surface area (Å²) in [7, 11) is 1.55. The lowest BCUT2D eigenvalue weighted by atomic mass is 9.83. The molecule has 0 aliphatic carbocycles. The van der Waals surface area contributed by atoms with E-state index in [1.807, 2.05) is 18.2 Å². The molecule has 0 amide bonds. The van der Waals surface area contributed by atoms with Crippen LogP contribution in [-0.4, -0.2) is 40.3 Å². The zero-order valence-electron chi connectivity index (χ0n) is 18.1. The molecule has 0 saturated carbocycles. The Morgan fingerprint density at radius 3 is 2.45 bits per heavy atom. The lowest BCUT2D eigenvalue weighted by Gasteiger charge is -2.39. The molecule has 8 heteroatoms. The fourth-order valence-corrected chi connectivity index (χ4v) is 4.16. The van der Waals surface area contributed by atoms with Gasteiger partial charge in [0.15, 0.2) is 0 Å². The second-order valence-electron chi connectivity index (χ2n) is 8.29. The maximum Gasteiger partial charge on any atom is 0.416 e. The predicted molar refractivity (Wildman–Crippen MR) is 118 cm³/mol. The number of pyridine rings is 1.